The lowest BCUT2D eigenvalue weighted by molar-refractivity contribution is -0.114. The molecule has 1 fully saturated rings. The maximum Gasteiger partial charge on any atom is 0.257 e. The van der Waals surface area contributed by atoms with E-state index in [4.69, 9.17) is 4.74 Å². The van der Waals surface area contributed by atoms with Crippen molar-refractivity contribution < 1.29 is 18.7 Å². The SMILES string of the molecule is CC(=O)Nc1ccc(F)c(C(=O)N2CCO[C@@H](c3ccc(Br)cc3)[C@@H]2C)c1. The summed E-state index contributed by atoms with van der Waals surface area (Å²) in [5.41, 5.74) is 1.28. The monoisotopic (exact) mass is 434 g/mol. The van der Waals surface area contributed by atoms with Crippen LogP contribution in [-0.4, -0.2) is 35.9 Å². The fourth-order valence-corrected chi connectivity index (χ4v) is 3.49. The van der Waals surface area contributed by atoms with Crippen LogP contribution in [0.5, 0.6) is 0 Å². The number of amides is 2. The Hall–Kier alpha value is -2.25. The number of rotatable bonds is 3. The average molecular weight is 435 g/mol. The first kappa shape index (κ1) is 19.5. The van der Waals surface area contributed by atoms with Gasteiger partial charge in [-0.25, -0.2) is 4.39 Å². The lowest BCUT2D eigenvalue weighted by atomic mass is 9.99. The Morgan fingerprint density at radius 1 is 1.22 bits per heavy atom. The van der Waals surface area contributed by atoms with E-state index in [2.05, 4.69) is 21.2 Å². The Labute approximate surface area is 165 Å². The third kappa shape index (κ3) is 4.36. The fraction of sp³-hybridized carbons (Fsp3) is 0.300. The number of halogens is 2. The summed E-state index contributed by atoms with van der Waals surface area (Å²) in [6, 6.07) is 11.4. The molecule has 0 aliphatic carbocycles. The minimum Gasteiger partial charge on any atom is -0.370 e. The van der Waals surface area contributed by atoms with Crippen LogP contribution in [0.4, 0.5) is 10.1 Å². The van der Waals surface area contributed by atoms with Gasteiger partial charge in [0, 0.05) is 23.6 Å². The number of nitrogens with zero attached hydrogens (tertiary/aromatic N) is 1. The molecule has 0 unspecified atom stereocenters. The van der Waals surface area contributed by atoms with Crippen molar-refractivity contribution in [3.63, 3.8) is 0 Å². The van der Waals surface area contributed by atoms with Gasteiger partial charge >= 0.3 is 0 Å². The van der Waals surface area contributed by atoms with Gasteiger partial charge in [-0.3, -0.25) is 9.59 Å². The number of benzene rings is 2. The second kappa shape index (κ2) is 8.19. The molecular weight excluding hydrogens is 415 g/mol. The molecule has 1 aliphatic rings. The molecule has 142 valence electrons. The van der Waals surface area contributed by atoms with Crippen LogP contribution in [-0.2, 0) is 9.53 Å². The van der Waals surface area contributed by atoms with Crippen molar-refractivity contribution in [3.8, 4) is 0 Å². The van der Waals surface area contributed by atoms with E-state index in [0.717, 1.165) is 10.0 Å². The lowest BCUT2D eigenvalue weighted by Crippen LogP contribution is -2.48. The van der Waals surface area contributed by atoms with Gasteiger partial charge in [-0.1, -0.05) is 28.1 Å². The van der Waals surface area contributed by atoms with Crippen LogP contribution in [0.15, 0.2) is 46.9 Å². The second-order valence-electron chi connectivity index (χ2n) is 6.46. The van der Waals surface area contributed by atoms with Crippen LogP contribution < -0.4 is 5.32 Å². The first-order valence-electron chi connectivity index (χ1n) is 8.62. The number of ether oxygens (including phenoxy) is 1. The summed E-state index contributed by atoms with van der Waals surface area (Å²) in [6.07, 6.45) is -0.294. The van der Waals surface area contributed by atoms with Crippen LogP contribution in [0.25, 0.3) is 0 Å². The molecule has 0 aromatic heterocycles. The van der Waals surface area contributed by atoms with Gasteiger partial charge in [-0.05, 0) is 42.8 Å². The predicted octanol–water partition coefficient (Wildman–Crippen LogP) is 4.15. The van der Waals surface area contributed by atoms with Gasteiger partial charge in [-0.15, -0.1) is 0 Å². The highest BCUT2D eigenvalue weighted by atomic mass is 79.9. The number of nitrogens with one attached hydrogen (secondary N) is 1. The summed E-state index contributed by atoms with van der Waals surface area (Å²) in [5.74, 6) is -1.32. The normalized spacial score (nSPS) is 19.6. The quantitative estimate of drug-likeness (QED) is 0.788. The second-order valence-corrected chi connectivity index (χ2v) is 7.37. The van der Waals surface area contributed by atoms with E-state index in [-0.39, 0.29) is 23.6 Å². The minimum absolute atomic E-state index is 0.0652. The first-order valence-corrected chi connectivity index (χ1v) is 9.41. The van der Waals surface area contributed by atoms with Crippen molar-refractivity contribution in [1.29, 1.82) is 0 Å². The zero-order chi connectivity index (χ0) is 19.6. The standard InChI is InChI=1S/C20H20BrFN2O3/c1-12-19(14-3-5-15(21)6-4-14)27-10-9-24(12)20(26)17-11-16(23-13(2)25)7-8-18(17)22/h3-8,11-12,19H,9-10H2,1-2H3,(H,23,25)/t12-,19+/m0/s1. The Morgan fingerprint density at radius 2 is 1.93 bits per heavy atom. The number of anilines is 1. The van der Waals surface area contributed by atoms with Gasteiger partial charge < -0.3 is 15.0 Å². The maximum atomic E-state index is 14.3. The molecule has 3 rings (SSSR count). The van der Waals surface area contributed by atoms with Crippen LogP contribution in [0.1, 0.15) is 35.9 Å². The van der Waals surface area contributed by atoms with Crippen molar-refractivity contribution in [3.05, 3.63) is 63.9 Å². The van der Waals surface area contributed by atoms with Gasteiger partial charge in [0.25, 0.3) is 5.91 Å². The summed E-state index contributed by atoms with van der Waals surface area (Å²) in [4.78, 5) is 25.9. The zero-order valence-electron chi connectivity index (χ0n) is 15.0. The van der Waals surface area contributed by atoms with E-state index in [1.807, 2.05) is 31.2 Å². The molecule has 2 amide bonds. The van der Waals surface area contributed by atoms with Crippen molar-refractivity contribution in [1.82, 2.24) is 4.90 Å². The topological polar surface area (TPSA) is 58.6 Å². The molecule has 0 radical (unpaired) electrons. The first-order chi connectivity index (χ1) is 12.9. The van der Waals surface area contributed by atoms with Gasteiger partial charge in [0.2, 0.25) is 5.91 Å². The van der Waals surface area contributed by atoms with Gasteiger partial charge in [0.1, 0.15) is 11.9 Å². The van der Waals surface area contributed by atoms with E-state index in [1.54, 1.807) is 4.90 Å². The number of hydrogen-bond donors (Lipinski definition) is 1. The third-order valence-corrected chi connectivity index (χ3v) is 5.06. The molecule has 2 aromatic carbocycles. The average Bonchev–Trinajstić information content (AvgIpc) is 2.63. The number of carbonyl (C=O) groups excluding carboxylic acids is 2. The van der Waals surface area contributed by atoms with E-state index in [0.29, 0.717) is 18.8 Å². The minimum atomic E-state index is -0.618. The molecule has 5 nitrogen and oxygen atoms in total. The number of carbonyl (C=O) groups is 2. The Morgan fingerprint density at radius 3 is 2.59 bits per heavy atom. The largest absolute Gasteiger partial charge is 0.370 e. The Kier molecular flexibility index (Phi) is 5.92. The van der Waals surface area contributed by atoms with Crippen molar-refractivity contribution in [2.24, 2.45) is 0 Å². The maximum absolute atomic E-state index is 14.3. The van der Waals surface area contributed by atoms with Crippen LogP contribution in [0, 0.1) is 5.82 Å². The van der Waals surface area contributed by atoms with Crippen molar-refractivity contribution >= 4 is 33.4 Å². The lowest BCUT2D eigenvalue weighted by Gasteiger charge is -2.39. The van der Waals surface area contributed by atoms with E-state index in [1.165, 1.54) is 25.1 Å². The summed E-state index contributed by atoms with van der Waals surface area (Å²) in [5, 5.41) is 2.58. The van der Waals surface area contributed by atoms with Crippen LogP contribution >= 0.6 is 15.9 Å². The summed E-state index contributed by atoms with van der Waals surface area (Å²) in [7, 11) is 0. The summed E-state index contributed by atoms with van der Waals surface area (Å²) in [6.45, 7) is 3.98. The molecule has 1 aliphatic heterocycles. The predicted molar refractivity (Wildman–Crippen MR) is 104 cm³/mol. The smallest absolute Gasteiger partial charge is 0.257 e. The molecule has 1 N–H and O–H groups in total. The molecule has 27 heavy (non-hydrogen) atoms. The molecular formula is C20H20BrFN2O3. The highest BCUT2D eigenvalue weighted by Crippen LogP contribution is 2.31. The van der Waals surface area contributed by atoms with E-state index >= 15 is 0 Å². The van der Waals surface area contributed by atoms with Gasteiger partial charge in [0.05, 0.1) is 18.2 Å². The highest BCUT2D eigenvalue weighted by Gasteiger charge is 2.34. The highest BCUT2D eigenvalue weighted by molar-refractivity contribution is 9.10. The Balaban J connectivity index is 1.85. The summed E-state index contributed by atoms with van der Waals surface area (Å²) >= 11 is 3.40. The molecule has 2 atom stereocenters. The fourth-order valence-electron chi connectivity index (χ4n) is 3.22. The van der Waals surface area contributed by atoms with Gasteiger partial charge in [-0.2, -0.15) is 0 Å². The molecule has 0 spiro atoms. The molecule has 7 heteroatoms. The molecule has 0 bridgehead atoms. The molecule has 0 saturated carbocycles. The third-order valence-electron chi connectivity index (χ3n) is 4.54. The summed E-state index contributed by atoms with van der Waals surface area (Å²) < 4.78 is 21.1. The van der Waals surface area contributed by atoms with Gasteiger partial charge in [0.15, 0.2) is 0 Å². The van der Waals surface area contributed by atoms with E-state index < -0.39 is 11.7 Å². The van der Waals surface area contributed by atoms with E-state index in [9.17, 15) is 14.0 Å². The Bertz CT molecular complexity index is 857. The number of morpholine rings is 1. The van der Waals surface area contributed by atoms with Crippen LogP contribution in [0.3, 0.4) is 0 Å². The van der Waals surface area contributed by atoms with Crippen LogP contribution in [0.2, 0.25) is 0 Å². The zero-order valence-corrected chi connectivity index (χ0v) is 16.6. The van der Waals surface area contributed by atoms with Crippen molar-refractivity contribution in [2.45, 2.75) is 26.0 Å². The van der Waals surface area contributed by atoms with Crippen molar-refractivity contribution in [2.75, 3.05) is 18.5 Å². The molecule has 2 aromatic rings. The molecule has 1 heterocycles. The molecule has 1 saturated heterocycles. The number of hydrogen-bond acceptors (Lipinski definition) is 3.